The van der Waals surface area contributed by atoms with Crippen LogP contribution in [0.4, 0.5) is 0 Å². The van der Waals surface area contributed by atoms with Crippen LogP contribution in [-0.4, -0.2) is 12.6 Å². The lowest BCUT2D eigenvalue weighted by atomic mass is 9.96. The third-order valence-electron chi connectivity index (χ3n) is 3.63. The highest BCUT2D eigenvalue weighted by Crippen LogP contribution is 2.23. The summed E-state index contributed by atoms with van der Waals surface area (Å²) >= 11 is 0. The summed E-state index contributed by atoms with van der Waals surface area (Å²) in [5.41, 5.74) is 8.86. The van der Waals surface area contributed by atoms with Crippen LogP contribution in [0.1, 0.15) is 37.0 Å². The summed E-state index contributed by atoms with van der Waals surface area (Å²) in [4.78, 5) is 0. The maximum absolute atomic E-state index is 6.44. The average Bonchev–Trinajstić information content (AvgIpc) is 2.53. The zero-order valence-electron chi connectivity index (χ0n) is 12.7. The Balaban J connectivity index is 2.07. The van der Waals surface area contributed by atoms with Crippen molar-refractivity contribution >= 4 is 0 Å². The molecule has 2 N–H and O–H groups in total. The molecule has 0 aromatic heterocycles. The Hall–Kier alpha value is -1.64. The molecule has 2 unspecified atom stereocenters. The van der Waals surface area contributed by atoms with Gasteiger partial charge in [0.2, 0.25) is 0 Å². The number of ether oxygens (including phenoxy) is 1. The van der Waals surface area contributed by atoms with Crippen LogP contribution in [0.2, 0.25) is 0 Å². The Morgan fingerprint density at radius 1 is 0.952 bits per heavy atom. The van der Waals surface area contributed by atoms with Crippen LogP contribution in [0, 0.1) is 0 Å². The maximum Gasteiger partial charge on any atom is 0.0978 e. The summed E-state index contributed by atoms with van der Waals surface area (Å²) < 4.78 is 6.08. The van der Waals surface area contributed by atoms with Gasteiger partial charge in [0.1, 0.15) is 0 Å². The van der Waals surface area contributed by atoms with Crippen molar-refractivity contribution in [2.45, 2.75) is 38.3 Å². The van der Waals surface area contributed by atoms with E-state index in [-0.39, 0.29) is 12.1 Å². The van der Waals surface area contributed by atoms with E-state index in [0.29, 0.717) is 0 Å². The van der Waals surface area contributed by atoms with Crippen molar-refractivity contribution in [3.05, 3.63) is 71.8 Å². The van der Waals surface area contributed by atoms with Crippen molar-refractivity contribution in [2.24, 2.45) is 5.73 Å². The maximum atomic E-state index is 6.44. The van der Waals surface area contributed by atoms with Crippen LogP contribution in [0.25, 0.3) is 0 Å². The van der Waals surface area contributed by atoms with Gasteiger partial charge in [-0.1, -0.05) is 74.0 Å². The molecule has 21 heavy (non-hydrogen) atoms. The molecule has 2 nitrogen and oxygen atoms in total. The van der Waals surface area contributed by atoms with E-state index in [1.54, 1.807) is 0 Å². The topological polar surface area (TPSA) is 35.2 Å². The highest BCUT2D eigenvalue weighted by molar-refractivity contribution is 5.22. The van der Waals surface area contributed by atoms with Crippen molar-refractivity contribution in [1.82, 2.24) is 0 Å². The van der Waals surface area contributed by atoms with Crippen molar-refractivity contribution in [2.75, 3.05) is 6.61 Å². The molecular weight excluding hydrogens is 258 g/mol. The molecule has 2 heteroatoms. The van der Waals surface area contributed by atoms with E-state index < -0.39 is 0 Å². The summed E-state index contributed by atoms with van der Waals surface area (Å²) in [6.45, 7) is 2.93. The second-order valence-corrected chi connectivity index (χ2v) is 5.41. The molecule has 0 spiro atoms. The summed E-state index contributed by atoms with van der Waals surface area (Å²) in [6.07, 6.45) is 2.99. The predicted octanol–water partition coefficient (Wildman–Crippen LogP) is 4.11. The zero-order valence-corrected chi connectivity index (χ0v) is 12.7. The Morgan fingerprint density at radius 3 is 2.19 bits per heavy atom. The number of hydrogen-bond acceptors (Lipinski definition) is 2. The molecule has 112 valence electrons. The minimum absolute atomic E-state index is 0.0355. The van der Waals surface area contributed by atoms with Gasteiger partial charge in [-0.25, -0.2) is 0 Å². The molecule has 0 amide bonds. The van der Waals surface area contributed by atoms with Gasteiger partial charge >= 0.3 is 0 Å². The minimum Gasteiger partial charge on any atom is -0.372 e. The summed E-state index contributed by atoms with van der Waals surface area (Å²) in [5.74, 6) is 0. The first-order valence-electron chi connectivity index (χ1n) is 7.77. The van der Waals surface area contributed by atoms with Gasteiger partial charge in [-0.3, -0.25) is 0 Å². The van der Waals surface area contributed by atoms with Gasteiger partial charge in [0.05, 0.1) is 6.10 Å². The molecule has 0 bridgehead atoms. The molecule has 0 fully saturated rings. The van der Waals surface area contributed by atoms with E-state index in [4.69, 9.17) is 10.5 Å². The third kappa shape index (κ3) is 5.00. The van der Waals surface area contributed by atoms with E-state index in [0.717, 1.165) is 31.4 Å². The van der Waals surface area contributed by atoms with Gasteiger partial charge in [-0.15, -0.1) is 0 Å². The first-order chi connectivity index (χ1) is 10.3. The molecule has 2 atom stereocenters. The van der Waals surface area contributed by atoms with Crippen LogP contribution in [0.3, 0.4) is 0 Å². The smallest absolute Gasteiger partial charge is 0.0978 e. The Bertz CT molecular complexity index is 497. The highest BCUT2D eigenvalue weighted by atomic mass is 16.5. The third-order valence-corrected chi connectivity index (χ3v) is 3.63. The number of unbranched alkanes of at least 4 members (excludes halogenated alkanes) is 1. The van der Waals surface area contributed by atoms with Gasteiger partial charge in [-0.05, 0) is 24.0 Å². The fourth-order valence-electron chi connectivity index (χ4n) is 2.46. The molecule has 2 aromatic rings. The molecule has 0 aliphatic rings. The van der Waals surface area contributed by atoms with E-state index in [2.05, 4.69) is 43.3 Å². The Morgan fingerprint density at radius 2 is 1.57 bits per heavy atom. The van der Waals surface area contributed by atoms with E-state index in [1.807, 2.05) is 24.3 Å². The average molecular weight is 283 g/mol. The Kier molecular flexibility index (Phi) is 6.45. The minimum atomic E-state index is -0.0436. The van der Waals surface area contributed by atoms with Crippen molar-refractivity contribution < 1.29 is 4.74 Å². The fraction of sp³-hybridized carbons (Fsp3) is 0.368. The fourth-order valence-corrected chi connectivity index (χ4v) is 2.46. The summed E-state index contributed by atoms with van der Waals surface area (Å²) in [6, 6.07) is 20.6. The molecule has 0 aliphatic heterocycles. The summed E-state index contributed by atoms with van der Waals surface area (Å²) in [7, 11) is 0. The molecular formula is C19H25NO. The van der Waals surface area contributed by atoms with Crippen LogP contribution in [0.5, 0.6) is 0 Å². The lowest BCUT2D eigenvalue weighted by Crippen LogP contribution is -2.32. The molecule has 2 aromatic carbocycles. The van der Waals surface area contributed by atoms with Crippen LogP contribution in [-0.2, 0) is 11.2 Å². The van der Waals surface area contributed by atoms with E-state index in [1.165, 1.54) is 5.56 Å². The lowest BCUT2D eigenvalue weighted by molar-refractivity contribution is 0.0327. The molecule has 2 rings (SSSR count). The second kappa shape index (κ2) is 8.60. The highest BCUT2D eigenvalue weighted by Gasteiger charge is 2.20. The van der Waals surface area contributed by atoms with Crippen molar-refractivity contribution in [3.8, 4) is 0 Å². The monoisotopic (exact) mass is 283 g/mol. The number of benzene rings is 2. The van der Waals surface area contributed by atoms with E-state index >= 15 is 0 Å². The molecule has 0 saturated heterocycles. The van der Waals surface area contributed by atoms with Crippen molar-refractivity contribution in [1.29, 1.82) is 0 Å². The van der Waals surface area contributed by atoms with Gasteiger partial charge in [0.25, 0.3) is 0 Å². The number of hydrogen-bond donors (Lipinski definition) is 1. The van der Waals surface area contributed by atoms with Crippen molar-refractivity contribution in [3.63, 3.8) is 0 Å². The normalized spacial score (nSPS) is 13.8. The van der Waals surface area contributed by atoms with Crippen LogP contribution in [0.15, 0.2) is 60.7 Å². The molecule has 0 heterocycles. The van der Waals surface area contributed by atoms with Gasteiger partial charge in [0, 0.05) is 12.6 Å². The van der Waals surface area contributed by atoms with Gasteiger partial charge in [-0.2, -0.15) is 0 Å². The molecule has 0 aliphatic carbocycles. The van der Waals surface area contributed by atoms with Gasteiger partial charge < -0.3 is 10.5 Å². The lowest BCUT2D eigenvalue weighted by Gasteiger charge is -2.25. The SMILES string of the molecule is CCCCOC(c1ccccc1)C(N)Cc1ccccc1. The summed E-state index contributed by atoms with van der Waals surface area (Å²) in [5, 5.41) is 0. The standard InChI is InChI=1S/C19H25NO/c1-2-3-14-21-19(17-12-8-5-9-13-17)18(20)15-16-10-6-4-7-11-16/h4-13,18-19H,2-3,14-15,20H2,1H3. The first kappa shape index (κ1) is 15.7. The quantitative estimate of drug-likeness (QED) is 0.740. The van der Waals surface area contributed by atoms with Crippen LogP contribution >= 0.6 is 0 Å². The molecule has 0 radical (unpaired) electrons. The predicted molar refractivity (Wildman–Crippen MR) is 88.2 cm³/mol. The second-order valence-electron chi connectivity index (χ2n) is 5.41. The van der Waals surface area contributed by atoms with Crippen LogP contribution < -0.4 is 5.73 Å². The Labute approximate surface area is 127 Å². The zero-order chi connectivity index (χ0) is 14.9. The first-order valence-corrected chi connectivity index (χ1v) is 7.77. The number of nitrogens with two attached hydrogens (primary N) is 1. The van der Waals surface area contributed by atoms with E-state index in [9.17, 15) is 0 Å². The largest absolute Gasteiger partial charge is 0.372 e. The number of rotatable bonds is 8. The molecule has 0 saturated carbocycles. The van der Waals surface area contributed by atoms with Gasteiger partial charge in [0.15, 0.2) is 0 Å².